The summed E-state index contributed by atoms with van der Waals surface area (Å²) in [5, 5.41) is 8.89. The van der Waals surface area contributed by atoms with Crippen LogP contribution in [-0.2, 0) is 14.3 Å². The second-order valence-corrected chi connectivity index (χ2v) is 14.5. The Balaban J connectivity index is 1.41. The second-order valence-electron chi connectivity index (χ2n) is 14.5. The van der Waals surface area contributed by atoms with E-state index in [2.05, 4.69) is 47.6 Å². The highest BCUT2D eigenvalue weighted by Crippen LogP contribution is 2.66. The van der Waals surface area contributed by atoms with Gasteiger partial charge in [-0.05, 0) is 110 Å². The van der Waals surface area contributed by atoms with Gasteiger partial charge in [0.1, 0.15) is 6.10 Å². The third kappa shape index (κ3) is 5.90. The van der Waals surface area contributed by atoms with E-state index in [0.29, 0.717) is 5.41 Å². The zero-order valence-corrected chi connectivity index (χ0v) is 25.3. The number of carbonyl (C=O) groups is 2. The number of carbonyl (C=O) groups excluding carboxylic acids is 1. The molecule has 1 N–H and O–H groups in total. The molecule has 1 unspecified atom stereocenters. The van der Waals surface area contributed by atoms with Crippen molar-refractivity contribution in [3.63, 3.8) is 0 Å². The van der Waals surface area contributed by atoms with Crippen LogP contribution >= 0.6 is 0 Å². The first-order valence-corrected chi connectivity index (χ1v) is 16.1. The largest absolute Gasteiger partial charge is 0.481 e. The lowest BCUT2D eigenvalue weighted by atomic mass is 9.49. The number of rotatable bonds is 10. The minimum Gasteiger partial charge on any atom is -0.481 e. The maximum absolute atomic E-state index is 12.2. The average molecular weight is 529 g/mol. The van der Waals surface area contributed by atoms with Crippen molar-refractivity contribution >= 4 is 11.9 Å². The molecular formula is C34H56O4. The summed E-state index contributed by atoms with van der Waals surface area (Å²) in [6.07, 6.45) is 17.3. The predicted molar refractivity (Wildman–Crippen MR) is 154 cm³/mol. The smallest absolute Gasteiger partial charge is 0.306 e. The Labute approximate surface area is 232 Å². The third-order valence-electron chi connectivity index (χ3n) is 12.4. The lowest BCUT2D eigenvalue weighted by Gasteiger charge is -2.56. The minimum atomic E-state index is -0.941. The molecule has 0 spiro atoms. The van der Waals surface area contributed by atoms with Crippen LogP contribution in [0.4, 0.5) is 0 Å². The second kappa shape index (κ2) is 12.0. The van der Waals surface area contributed by atoms with E-state index >= 15 is 0 Å². The average Bonchev–Trinajstić information content (AvgIpc) is 3.14. The summed E-state index contributed by atoms with van der Waals surface area (Å²) in [7, 11) is 0. The quantitative estimate of drug-likeness (QED) is 0.227. The van der Waals surface area contributed by atoms with Crippen molar-refractivity contribution in [3.8, 4) is 0 Å². The van der Waals surface area contributed by atoms with Crippen LogP contribution in [0.15, 0.2) is 11.6 Å². The molecule has 0 aromatic carbocycles. The number of carboxylic acids is 1. The molecule has 0 bridgehead atoms. The first kappa shape index (κ1) is 29.7. The normalized spacial score (nSPS) is 38.3. The summed E-state index contributed by atoms with van der Waals surface area (Å²) in [4.78, 5) is 23.1. The van der Waals surface area contributed by atoms with E-state index in [4.69, 9.17) is 9.84 Å². The molecule has 0 radical (unpaired) electrons. The van der Waals surface area contributed by atoms with Gasteiger partial charge in [0.05, 0.1) is 12.8 Å². The molecule has 0 aromatic heterocycles. The molecule has 4 nitrogen and oxygen atoms in total. The number of hydrogen-bond donors (Lipinski definition) is 1. The molecule has 3 fully saturated rings. The van der Waals surface area contributed by atoms with Crippen LogP contribution in [-0.4, -0.2) is 23.1 Å². The fraction of sp³-hybridized carbons (Fsp3) is 0.882. The van der Waals surface area contributed by atoms with E-state index in [9.17, 15) is 9.59 Å². The number of fused-ring (bicyclic) bond motifs is 5. The number of allylic oxidation sites excluding steroid dienone is 1. The summed E-state index contributed by atoms with van der Waals surface area (Å²) in [6.45, 7) is 15.0. The Bertz CT molecular complexity index is 876. The van der Waals surface area contributed by atoms with Gasteiger partial charge >= 0.3 is 11.9 Å². The highest BCUT2D eigenvalue weighted by atomic mass is 16.5. The zero-order chi connectivity index (χ0) is 27.7. The Morgan fingerprint density at radius 3 is 2.45 bits per heavy atom. The molecule has 216 valence electrons. The number of hydrogen-bond acceptors (Lipinski definition) is 3. The van der Waals surface area contributed by atoms with Gasteiger partial charge in [0.15, 0.2) is 0 Å². The van der Waals surface area contributed by atoms with Crippen LogP contribution < -0.4 is 0 Å². The van der Waals surface area contributed by atoms with Crippen LogP contribution in [0.25, 0.3) is 0 Å². The molecule has 0 aromatic rings. The number of esters is 1. The summed E-state index contributed by atoms with van der Waals surface area (Å²) in [5.74, 6) is 4.50. The SMILES string of the molecule is CC[C@H](CC[C@@H](C)C1CC[C@H]2[C@H]3CCC=C4C[C@@H](OC(=O)CCC(=O)O)CC[C@]4(C)[C@H]3CC[C@]12C)C(C)C. The molecule has 0 saturated heterocycles. The highest BCUT2D eigenvalue weighted by molar-refractivity contribution is 5.76. The van der Waals surface area contributed by atoms with Crippen molar-refractivity contribution < 1.29 is 19.4 Å². The summed E-state index contributed by atoms with van der Waals surface area (Å²) < 4.78 is 5.76. The van der Waals surface area contributed by atoms with Gasteiger partial charge in [0.2, 0.25) is 0 Å². The molecule has 4 aliphatic carbocycles. The Kier molecular flexibility index (Phi) is 9.40. The third-order valence-corrected chi connectivity index (χ3v) is 12.4. The Hall–Kier alpha value is -1.32. The lowest BCUT2D eigenvalue weighted by molar-refractivity contribution is -0.153. The van der Waals surface area contributed by atoms with Gasteiger partial charge in [-0.3, -0.25) is 9.59 Å². The standard InChI is InChI=1S/C34H56O4/c1-7-24(22(2)3)12-11-23(4)28-13-14-29-27-10-8-9-25-21-26(38-32(37)16-15-31(35)36)17-19-33(25,5)30(27)18-20-34(28,29)6/h9,22-24,26-30H,7-8,10-21H2,1-6H3,(H,35,36)/t23-,24-,26+,27-,28?,29+,30+,33+,34-/m1/s1. The number of ether oxygens (including phenoxy) is 1. The minimum absolute atomic E-state index is 0.0245. The van der Waals surface area contributed by atoms with Crippen LogP contribution in [0.5, 0.6) is 0 Å². The van der Waals surface area contributed by atoms with Crippen molar-refractivity contribution in [1.82, 2.24) is 0 Å². The lowest BCUT2D eigenvalue weighted by Crippen LogP contribution is -2.48. The fourth-order valence-electron chi connectivity index (χ4n) is 10.1. The maximum atomic E-state index is 12.2. The first-order valence-electron chi connectivity index (χ1n) is 16.1. The molecule has 9 atom stereocenters. The Morgan fingerprint density at radius 1 is 1.00 bits per heavy atom. The molecule has 0 amide bonds. The van der Waals surface area contributed by atoms with E-state index in [1.807, 2.05) is 0 Å². The van der Waals surface area contributed by atoms with E-state index in [1.54, 1.807) is 0 Å². The number of aliphatic carboxylic acids is 1. The van der Waals surface area contributed by atoms with E-state index in [0.717, 1.165) is 67.1 Å². The molecule has 0 aliphatic heterocycles. The topological polar surface area (TPSA) is 63.6 Å². The van der Waals surface area contributed by atoms with Gasteiger partial charge in [-0.25, -0.2) is 0 Å². The molecular weight excluding hydrogens is 472 g/mol. The van der Waals surface area contributed by atoms with Gasteiger partial charge in [0.25, 0.3) is 0 Å². The molecule has 4 rings (SSSR count). The van der Waals surface area contributed by atoms with E-state index in [-0.39, 0.29) is 30.3 Å². The van der Waals surface area contributed by atoms with Gasteiger partial charge in [0, 0.05) is 6.42 Å². The summed E-state index contributed by atoms with van der Waals surface area (Å²) in [6, 6.07) is 0. The van der Waals surface area contributed by atoms with E-state index < -0.39 is 5.97 Å². The van der Waals surface area contributed by atoms with Crippen LogP contribution in [0, 0.1) is 52.3 Å². The van der Waals surface area contributed by atoms with E-state index in [1.165, 1.54) is 56.9 Å². The van der Waals surface area contributed by atoms with Crippen molar-refractivity contribution in [1.29, 1.82) is 0 Å². The number of carboxylic acid groups (broad SMARTS) is 1. The van der Waals surface area contributed by atoms with Crippen LogP contribution in [0.2, 0.25) is 0 Å². The van der Waals surface area contributed by atoms with Gasteiger partial charge in [-0.1, -0.05) is 66.0 Å². The highest BCUT2D eigenvalue weighted by Gasteiger charge is 2.58. The Morgan fingerprint density at radius 2 is 1.76 bits per heavy atom. The molecule has 4 heteroatoms. The molecule has 4 aliphatic rings. The fourth-order valence-corrected chi connectivity index (χ4v) is 10.1. The molecule has 0 heterocycles. The van der Waals surface area contributed by atoms with Crippen molar-refractivity contribution in [2.24, 2.45) is 52.3 Å². The molecule has 38 heavy (non-hydrogen) atoms. The van der Waals surface area contributed by atoms with Gasteiger partial charge in [-0.2, -0.15) is 0 Å². The summed E-state index contributed by atoms with van der Waals surface area (Å²) >= 11 is 0. The molecule has 3 saturated carbocycles. The predicted octanol–water partition coefficient (Wildman–Crippen LogP) is 8.83. The first-order chi connectivity index (χ1) is 18.0. The summed E-state index contributed by atoms with van der Waals surface area (Å²) in [5.41, 5.74) is 2.25. The van der Waals surface area contributed by atoms with Crippen molar-refractivity contribution in [2.45, 2.75) is 138 Å². The van der Waals surface area contributed by atoms with Crippen LogP contribution in [0.1, 0.15) is 131 Å². The maximum Gasteiger partial charge on any atom is 0.306 e. The zero-order valence-electron chi connectivity index (χ0n) is 25.3. The van der Waals surface area contributed by atoms with Gasteiger partial charge < -0.3 is 9.84 Å². The van der Waals surface area contributed by atoms with Gasteiger partial charge in [-0.15, -0.1) is 0 Å². The monoisotopic (exact) mass is 528 g/mol. The van der Waals surface area contributed by atoms with Crippen LogP contribution in [0.3, 0.4) is 0 Å². The van der Waals surface area contributed by atoms with Crippen molar-refractivity contribution in [3.05, 3.63) is 11.6 Å². The van der Waals surface area contributed by atoms with Crippen molar-refractivity contribution in [2.75, 3.05) is 0 Å².